The largest absolute Gasteiger partial charge is 0.352 e. The van der Waals surface area contributed by atoms with Crippen molar-refractivity contribution in [3.8, 4) is 0 Å². The fraction of sp³-hybridized carbons (Fsp3) is 0.462. The van der Waals surface area contributed by atoms with Gasteiger partial charge in [0.15, 0.2) is 0 Å². The van der Waals surface area contributed by atoms with Gasteiger partial charge in [0.1, 0.15) is 6.04 Å². The number of nitrogens with one attached hydrogen (secondary N) is 3. The van der Waals surface area contributed by atoms with E-state index in [1.54, 1.807) is 7.05 Å². The first-order valence-electron chi connectivity index (χ1n) is 11.2. The SMILES string of the molecule is CN[C@H](Cc1ccccc1)C(=O)N[C@H](CCc1ccccc1)C(=O)N[C@@H](C)CC(C)C. The molecular weight excluding hydrogens is 386 g/mol. The van der Waals surface area contributed by atoms with E-state index < -0.39 is 12.1 Å². The van der Waals surface area contributed by atoms with Gasteiger partial charge in [0, 0.05) is 6.04 Å². The number of amides is 2. The van der Waals surface area contributed by atoms with Crippen molar-refractivity contribution in [2.75, 3.05) is 7.05 Å². The number of likely N-dealkylation sites (N-methyl/N-ethyl adjacent to an activating group) is 1. The summed E-state index contributed by atoms with van der Waals surface area (Å²) in [5, 5.41) is 9.18. The molecule has 0 radical (unpaired) electrons. The molecule has 168 valence electrons. The predicted octanol–water partition coefficient (Wildman–Crippen LogP) is 3.49. The van der Waals surface area contributed by atoms with E-state index in [1.165, 1.54) is 0 Å². The predicted molar refractivity (Wildman–Crippen MR) is 127 cm³/mol. The van der Waals surface area contributed by atoms with Crippen molar-refractivity contribution in [1.29, 1.82) is 0 Å². The fourth-order valence-electron chi connectivity index (χ4n) is 3.78. The maximum Gasteiger partial charge on any atom is 0.242 e. The first-order chi connectivity index (χ1) is 14.9. The van der Waals surface area contributed by atoms with Crippen LogP contribution in [0, 0.1) is 5.92 Å². The molecule has 0 spiro atoms. The van der Waals surface area contributed by atoms with Crippen LogP contribution in [0.15, 0.2) is 60.7 Å². The topological polar surface area (TPSA) is 70.2 Å². The van der Waals surface area contributed by atoms with Crippen molar-refractivity contribution in [2.24, 2.45) is 5.92 Å². The molecule has 0 heterocycles. The monoisotopic (exact) mass is 423 g/mol. The maximum absolute atomic E-state index is 13.0. The van der Waals surface area contributed by atoms with Crippen molar-refractivity contribution in [2.45, 2.75) is 64.6 Å². The molecule has 0 aliphatic heterocycles. The molecule has 0 fully saturated rings. The number of hydrogen-bond donors (Lipinski definition) is 3. The number of hydrogen-bond acceptors (Lipinski definition) is 3. The molecule has 0 aromatic heterocycles. The van der Waals surface area contributed by atoms with E-state index in [0.717, 1.165) is 24.0 Å². The highest BCUT2D eigenvalue weighted by molar-refractivity contribution is 5.90. The van der Waals surface area contributed by atoms with Gasteiger partial charge in [-0.3, -0.25) is 9.59 Å². The third kappa shape index (κ3) is 8.93. The van der Waals surface area contributed by atoms with Gasteiger partial charge in [-0.1, -0.05) is 74.5 Å². The maximum atomic E-state index is 13.0. The van der Waals surface area contributed by atoms with E-state index in [4.69, 9.17) is 0 Å². The minimum absolute atomic E-state index is 0.0630. The van der Waals surface area contributed by atoms with Crippen LogP contribution in [0.25, 0.3) is 0 Å². The average molecular weight is 424 g/mol. The first kappa shape index (κ1) is 24.6. The lowest BCUT2D eigenvalue weighted by Crippen LogP contribution is -2.54. The summed E-state index contributed by atoms with van der Waals surface area (Å²) in [5.41, 5.74) is 2.23. The lowest BCUT2D eigenvalue weighted by Gasteiger charge is -2.24. The molecule has 2 rings (SSSR count). The standard InChI is InChI=1S/C26H37N3O2/c1-19(2)17-20(3)28-25(30)23(16-15-21-11-7-5-8-12-21)29-26(31)24(27-4)18-22-13-9-6-10-14-22/h5-14,19-20,23-24,27H,15-18H2,1-4H3,(H,28,30)(H,29,31)/t20-,23+,24+/m0/s1. The zero-order valence-corrected chi connectivity index (χ0v) is 19.2. The highest BCUT2D eigenvalue weighted by atomic mass is 16.2. The van der Waals surface area contributed by atoms with Gasteiger partial charge < -0.3 is 16.0 Å². The Labute approximate surface area is 187 Å². The molecule has 2 aromatic rings. The summed E-state index contributed by atoms with van der Waals surface area (Å²) in [6.07, 6.45) is 2.75. The second-order valence-electron chi connectivity index (χ2n) is 8.66. The molecule has 5 nitrogen and oxygen atoms in total. The number of rotatable bonds is 12. The molecule has 31 heavy (non-hydrogen) atoms. The van der Waals surface area contributed by atoms with Crippen LogP contribution < -0.4 is 16.0 Å². The molecule has 5 heteroatoms. The Morgan fingerprint density at radius 3 is 1.87 bits per heavy atom. The Bertz CT molecular complexity index is 793. The second-order valence-corrected chi connectivity index (χ2v) is 8.66. The summed E-state index contributed by atoms with van der Waals surface area (Å²) in [7, 11) is 1.77. The van der Waals surface area contributed by atoms with Crippen LogP contribution in [0.2, 0.25) is 0 Å². The number of aryl methyl sites for hydroxylation is 1. The van der Waals surface area contributed by atoms with Gasteiger partial charge in [-0.25, -0.2) is 0 Å². The van der Waals surface area contributed by atoms with Crippen LogP contribution in [0.5, 0.6) is 0 Å². The molecule has 2 amide bonds. The third-order valence-corrected chi connectivity index (χ3v) is 5.36. The minimum Gasteiger partial charge on any atom is -0.352 e. The van der Waals surface area contributed by atoms with E-state index in [1.807, 2.05) is 67.6 Å². The lowest BCUT2D eigenvalue weighted by molar-refractivity contribution is -0.130. The summed E-state index contributed by atoms with van der Waals surface area (Å²) in [6.45, 7) is 6.29. The first-order valence-corrected chi connectivity index (χ1v) is 11.2. The van der Waals surface area contributed by atoms with Crippen molar-refractivity contribution < 1.29 is 9.59 Å². The molecule has 3 N–H and O–H groups in total. The van der Waals surface area contributed by atoms with Crippen molar-refractivity contribution in [3.05, 3.63) is 71.8 Å². The molecule has 0 bridgehead atoms. The van der Waals surface area contributed by atoms with E-state index >= 15 is 0 Å². The zero-order chi connectivity index (χ0) is 22.6. The highest BCUT2D eigenvalue weighted by Crippen LogP contribution is 2.09. The van der Waals surface area contributed by atoms with Gasteiger partial charge in [0.2, 0.25) is 11.8 Å². The van der Waals surface area contributed by atoms with Crippen LogP contribution in [0.1, 0.15) is 44.7 Å². The van der Waals surface area contributed by atoms with Crippen molar-refractivity contribution in [1.82, 2.24) is 16.0 Å². The average Bonchev–Trinajstić information content (AvgIpc) is 2.75. The van der Waals surface area contributed by atoms with E-state index in [0.29, 0.717) is 18.8 Å². The van der Waals surface area contributed by atoms with Crippen LogP contribution in [0.4, 0.5) is 0 Å². The van der Waals surface area contributed by atoms with Gasteiger partial charge in [-0.2, -0.15) is 0 Å². The molecule has 0 aliphatic rings. The molecule has 2 aromatic carbocycles. The smallest absolute Gasteiger partial charge is 0.242 e. The molecular formula is C26H37N3O2. The van der Waals surface area contributed by atoms with Gasteiger partial charge in [-0.05, 0) is 56.7 Å². The summed E-state index contributed by atoms with van der Waals surface area (Å²) in [4.78, 5) is 26.0. The summed E-state index contributed by atoms with van der Waals surface area (Å²) >= 11 is 0. The Kier molecular flexibility index (Phi) is 10.2. The van der Waals surface area contributed by atoms with E-state index in [-0.39, 0.29) is 17.9 Å². The van der Waals surface area contributed by atoms with Crippen LogP contribution in [-0.4, -0.2) is 37.0 Å². The van der Waals surface area contributed by atoms with Crippen LogP contribution in [-0.2, 0) is 22.4 Å². The minimum atomic E-state index is -0.575. The number of carbonyl (C=O) groups is 2. The number of benzene rings is 2. The molecule has 0 aliphatic carbocycles. The zero-order valence-electron chi connectivity index (χ0n) is 19.2. The lowest BCUT2D eigenvalue weighted by atomic mass is 10.0. The third-order valence-electron chi connectivity index (χ3n) is 5.36. The number of carbonyl (C=O) groups excluding carboxylic acids is 2. The highest BCUT2D eigenvalue weighted by Gasteiger charge is 2.26. The Balaban J connectivity index is 2.06. The van der Waals surface area contributed by atoms with Crippen LogP contribution in [0.3, 0.4) is 0 Å². The molecule has 0 saturated carbocycles. The molecule has 0 unspecified atom stereocenters. The summed E-state index contributed by atoms with van der Waals surface area (Å²) < 4.78 is 0. The summed E-state index contributed by atoms with van der Waals surface area (Å²) in [5.74, 6) is 0.218. The Morgan fingerprint density at radius 1 is 0.774 bits per heavy atom. The second kappa shape index (κ2) is 12.9. The quantitative estimate of drug-likeness (QED) is 0.489. The van der Waals surface area contributed by atoms with Crippen molar-refractivity contribution in [3.63, 3.8) is 0 Å². The molecule has 3 atom stereocenters. The Morgan fingerprint density at radius 2 is 1.32 bits per heavy atom. The van der Waals surface area contributed by atoms with Crippen LogP contribution >= 0.6 is 0 Å². The van der Waals surface area contributed by atoms with Crippen molar-refractivity contribution >= 4 is 11.8 Å². The fourth-order valence-corrected chi connectivity index (χ4v) is 3.78. The van der Waals surface area contributed by atoms with E-state index in [9.17, 15) is 9.59 Å². The van der Waals surface area contributed by atoms with E-state index in [2.05, 4.69) is 29.8 Å². The molecule has 0 saturated heterocycles. The normalized spacial score (nSPS) is 14.0. The Hall–Kier alpha value is -2.66. The van der Waals surface area contributed by atoms with Gasteiger partial charge in [0.05, 0.1) is 6.04 Å². The van der Waals surface area contributed by atoms with Gasteiger partial charge in [-0.15, -0.1) is 0 Å². The van der Waals surface area contributed by atoms with Gasteiger partial charge >= 0.3 is 0 Å². The van der Waals surface area contributed by atoms with Gasteiger partial charge in [0.25, 0.3) is 0 Å². The summed E-state index contributed by atoms with van der Waals surface area (Å²) in [6, 6.07) is 19.0.